The zero-order chi connectivity index (χ0) is 19.9. The van der Waals surface area contributed by atoms with E-state index in [4.69, 9.17) is 15.7 Å². The van der Waals surface area contributed by atoms with Gasteiger partial charge in [0.05, 0.1) is 39.6 Å². The molecule has 142 valence electrons. The molecule has 3 atom stereocenters. The Labute approximate surface area is 152 Å². The summed E-state index contributed by atoms with van der Waals surface area (Å²) in [7, 11) is 0. The Kier molecular flexibility index (Phi) is 3.26. The number of hydrogen-bond acceptors (Lipinski definition) is 5. The van der Waals surface area contributed by atoms with Crippen molar-refractivity contribution < 1.29 is 28.1 Å². The molecule has 2 bridgehead atoms. The summed E-state index contributed by atoms with van der Waals surface area (Å²) < 4.78 is 46.7. The second kappa shape index (κ2) is 4.97. The molecule has 4 N–H and O–H groups in total. The third-order valence-corrected chi connectivity index (χ3v) is 5.59. The van der Waals surface area contributed by atoms with E-state index in [9.17, 15) is 23.4 Å². The fraction of sp³-hybridized carbons (Fsp3) is 0.389. The van der Waals surface area contributed by atoms with E-state index >= 15 is 0 Å². The first-order chi connectivity index (χ1) is 12.4. The summed E-state index contributed by atoms with van der Waals surface area (Å²) in [6.45, 7) is 3.39. The monoisotopic (exact) mass is 379 g/mol. The topological polar surface area (TPSA) is 104 Å². The highest BCUT2D eigenvalue weighted by Gasteiger charge is 2.63. The molecule has 4 rings (SSSR count). The van der Waals surface area contributed by atoms with Gasteiger partial charge >= 0.3 is 6.18 Å². The van der Waals surface area contributed by atoms with Crippen molar-refractivity contribution >= 4 is 0 Å². The number of fused-ring (bicyclic) bond motifs is 5. The van der Waals surface area contributed by atoms with Crippen molar-refractivity contribution in [2.75, 3.05) is 0 Å². The van der Waals surface area contributed by atoms with Crippen LogP contribution in [-0.2, 0) is 22.1 Å². The number of aromatic nitrogens is 1. The van der Waals surface area contributed by atoms with Crippen molar-refractivity contribution in [2.24, 2.45) is 5.73 Å². The molecule has 27 heavy (non-hydrogen) atoms. The van der Waals surface area contributed by atoms with Crippen LogP contribution in [0.2, 0.25) is 0 Å². The smallest absolute Gasteiger partial charge is 0.417 e. The highest BCUT2D eigenvalue weighted by Crippen LogP contribution is 2.63. The van der Waals surface area contributed by atoms with E-state index in [1.807, 2.05) is 0 Å². The van der Waals surface area contributed by atoms with Crippen LogP contribution in [0.1, 0.15) is 42.5 Å². The predicted molar refractivity (Wildman–Crippen MR) is 87.2 cm³/mol. The van der Waals surface area contributed by atoms with Crippen LogP contribution in [0.15, 0.2) is 18.2 Å². The average molecular weight is 379 g/mol. The summed E-state index contributed by atoms with van der Waals surface area (Å²) in [5, 5.41) is 30.4. The Morgan fingerprint density at radius 1 is 1.26 bits per heavy atom. The Morgan fingerprint density at radius 2 is 1.89 bits per heavy atom. The molecule has 1 fully saturated rings. The lowest BCUT2D eigenvalue weighted by Crippen LogP contribution is -2.40. The number of rotatable bonds is 1. The summed E-state index contributed by atoms with van der Waals surface area (Å²) >= 11 is 0. The number of benzene rings is 1. The quantitative estimate of drug-likeness (QED) is 0.707. The van der Waals surface area contributed by atoms with Crippen molar-refractivity contribution in [1.82, 2.24) is 4.57 Å². The van der Waals surface area contributed by atoms with Crippen molar-refractivity contribution in [2.45, 2.75) is 43.7 Å². The maximum Gasteiger partial charge on any atom is 0.417 e. The van der Waals surface area contributed by atoms with Crippen LogP contribution in [0.25, 0.3) is 5.69 Å². The Hall–Kier alpha value is -2.70. The molecule has 0 amide bonds. The van der Waals surface area contributed by atoms with E-state index < -0.39 is 46.3 Å². The number of aromatic hydroxyl groups is 2. The summed E-state index contributed by atoms with van der Waals surface area (Å²) in [5.74, 6) is -0.833. The highest BCUT2D eigenvalue weighted by atomic mass is 19.4. The first-order valence-corrected chi connectivity index (χ1v) is 8.19. The highest BCUT2D eigenvalue weighted by molar-refractivity contribution is 5.62. The summed E-state index contributed by atoms with van der Waals surface area (Å²) in [5.41, 5.74) is 2.90. The molecule has 2 aromatic rings. The van der Waals surface area contributed by atoms with Gasteiger partial charge in [0.1, 0.15) is 5.60 Å². The molecule has 0 aliphatic carbocycles. The number of alkyl halides is 3. The summed E-state index contributed by atoms with van der Waals surface area (Å²) in [4.78, 5) is 0. The van der Waals surface area contributed by atoms with Crippen LogP contribution >= 0.6 is 0 Å². The average Bonchev–Trinajstić information content (AvgIpc) is 3.07. The van der Waals surface area contributed by atoms with Crippen molar-refractivity contribution in [3.05, 3.63) is 40.5 Å². The van der Waals surface area contributed by atoms with Gasteiger partial charge in [-0.1, -0.05) is 0 Å². The van der Waals surface area contributed by atoms with Crippen LogP contribution in [0, 0.1) is 11.3 Å². The molecule has 6 nitrogen and oxygen atoms in total. The molecular formula is C18H16F3N3O3. The van der Waals surface area contributed by atoms with Gasteiger partial charge in [0.25, 0.3) is 0 Å². The van der Waals surface area contributed by atoms with Gasteiger partial charge in [-0.05, 0) is 38.5 Å². The molecule has 2 aliphatic rings. The Bertz CT molecular complexity index is 1020. The molecule has 1 saturated heterocycles. The van der Waals surface area contributed by atoms with E-state index in [0.717, 1.165) is 16.7 Å². The maximum atomic E-state index is 13.3. The molecule has 0 radical (unpaired) electrons. The normalized spacial score (nSPS) is 29.0. The predicted octanol–water partition coefficient (Wildman–Crippen LogP) is 2.97. The maximum absolute atomic E-state index is 13.3. The second-order valence-electron chi connectivity index (χ2n) is 7.32. The lowest BCUT2D eigenvalue weighted by molar-refractivity contribution is -0.137. The molecule has 1 aromatic heterocycles. The molecule has 0 saturated carbocycles. The number of hydrogen-bond donors (Lipinski definition) is 3. The summed E-state index contributed by atoms with van der Waals surface area (Å²) in [6.07, 6.45) is -4.36. The largest absolute Gasteiger partial charge is 0.494 e. The third kappa shape index (κ3) is 2.08. The van der Waals surface area contributed by atoms with Crippen LogP contribution in [0.3, 0.4) is 0 Å². The third-order valence-electron chi connectivity index (χ3n) is 5.59. The number of nitriles is 1. The summed E-state index contributed by atoms with van der Waals surface area (Å²) in [6, 6.07) is 4.02. The molecule has 3 heterocycles. The van der Waals surface area contributed by atoms with Gasteiger partial charge in [-0.25, -0.2) is 0 Å². The molecule has 2 aliphatic heterocycles. The van der Waals surface area contributed by atoms with Gasteiger partial charge in [-0.2, -0.15) is 18.4 Å². The Morgan fingerprint density at radius 3 is 2.48 bits per heavy atom. The van der Waals surface area contributed by atoms with Gasteiger partial charge in [0, 0.05) is 6.04 Å². The second-order valence-corrected chi connectivity index (χ2v) is 7.32. The number of ether oxygens (including phenoxy) is 1. The van der Waals surface area contributed by atoms with Gasteiger partial charge in [-0.3, -0.25) is 4.57 Å². The van der Waals surface area contributed by atoms with Gasteiger partial charge in [0.2, 0.25) is 11.8 Å². The van der Waals surface area contributed by atoms with Crippen molar-refractivity contribution in [3.63, 3.8) is 0 Å². The van der Waals surface area contributed by atoms with E-state index in [1.54, 1.807) is 13.8 Å². The van der Waals surface area contributed by atoms with Crippen molar-refractivity contribution in [3.8, 4) is 23.5 Å². The van der Waals surface area contributed by atoms with Crippen molar-refractivity contribution in [1.29, 1.82) is 5.26 Å². The Balaban J connectivity index is 1.98. The lowest BCUT2D eigenvalue weighted by Gasteiger charge is -2.26. The molecule has 0 unspecified atom stereocenters. The van der Waals surface area contributed by atoms with Gasteiger partial charge < -0.3 is 20.7 Å². The van der Waals surface area contributed by atoms with Crippen LogP contribution in [0.4, 0.5) is 13.2 Å². The van der Waals surface area contributed by atoms with Gasteiger partial charge in [0.15, 0.2) is 0 Å². The van der Waals surface area contributed by atoms with Crippen LogP contribution in [0.5, 0.6) is 11.8 Å². The number of nitrogens with zero attached hydrogens (tertiary/aromatic N) is 2. The molecular weight excluding hydrogens is 363 g/mol. The first-order valence-electron chi connectivity index (χ1n) is 8.19. The minimum atomic E-state index is -4.76. The SMILES string of the molecule is C[C@]12C[C@@H](N)[C@@](C)(O1)c1c2c(O)n(-c2ccc(C#N)c(C(F)(F)F)c2)c1O. The minimum Gasteiger partial charge on any atom is -0.494 e. The zero-order valence-corrected chi connectivity index (χ0v) is 14.4. The van der Waals surface area contributed by atoms with E-state index in [1.165, 1.54) is 12.1 Å². The van der Waals surface area contributed by atoms with Crippen LogP contribution in [-0.4, -0.2) is 20.8 Å². The minimum absolute atomic E-state index is 0.120. The van der Waals surface area contributed by atoms with E-state index in [-0.39, 0.29) is 11.3 Å². The van der Waals surface area contributed by atoms with Crippen LogP contribution < -0.4 is 5.73 Å². The lowest BCUT2D eigenvalue weighted by atomic mass is 9.77. The van der Waals surface area contributed by atoms with E-state index in [2.05, 4.69) is 0 Å². The molecule has 9 heteroatoms. The first kappa shape index (κ1) is 17.7. The fourth-order valence-corrected chi connectivity index (χ4v) is 4.36. The van der Waals surface area contributed by atoms with Gasteiger partial charge in [-0.15, -0.1) is 0 Å². The molecule has 1 aromatic carbocycles. The molecule has 0 spiro atoms. The zero-order valence-electron chi connectivity index (χ0n) is 14.4. The van der Waals surface area contributed by atoms with E-state index in [0.29, 0.717) is 12.0 Å². The number of nitrogens with two attached hydrogens (primary N) is 1. The standard InChI is InChI=1S/C18H16F3N3O3/c1-16-6-11(23)17(2,27-16)13-12(16)14(25)24(15(13)26)9-4-3-8(7-22)10(5-9)18(19,20)21/h3-5,11,25-26H,6,23H2,1-2H3/t11-,16-,17-/m1/s1. The number of halogens is 3. The fourth-order valence-electron chi connectivity index (χ4n) is 4.36.